The highest BCUT2D eigenvalue weighted by molar-refractivity contribution is 7.89. The number of carbonyl (C=O) groups is 3. The Balaban J connectivity index is 1.34. The minimum absolute atomic E-state index is 0.0903. The molecule has 2 aliphatic heterocycles. The summed E-state index contributed by atoms with van der Waals surface area (Å²) in [6.45, 7) is 2.53. The number of sulfonamides is 1. The quantitative estimate of drug-likeness (QED) is 0.281. The summed E-state index contributed by atoms with van der Waals surface area (Å²) in [5.41, 5.74) is 1.36. The number of nitrogens with one attached hydrogen (secondary N) is 4. The topological polar surface area (TPSA) is 169 Å². The average Bonchev–Trinajstić information content (AvgIpc) is 3.22. The van der Waals surface area contributed by atoms with Crippen LogP contribution in [0.3, 0.4) is 0 Å². The van der Waals surface area contributed by atoms with Crippen LogP contribution in [0.4, 0.5) is 0 Å². The minimum Gasteiger partial charge on any atom is -0.480 e. The summed E-state index contributed by atoms with van der Waals surface area (Å²) in [6, 6.07) is 10.5. The molecule has 5 N–H and O–H groups in total. The van der Waals surface area contributed by atoms with Crippen molar-refractivity contribution in [3.63, 3.8) is 0 Å². The van der Waals surface area contributed by atoms with Crippen molar-refractivity contribution in [3.8, 4) is 0 Å². The van der Waals surface area contributed by atoms with Gasteiger partial charge in [-0.05, 0) is 36.2 Å². The van der Waals surface area contributed by atoms with Crippen LogP contribution >= 0.6 is 0 Å². The molecule has 0 spiro atoms. The van der Waals surface area contributed by atoms with Gasteiger partial charge < -0.3 is 26.0 Å². The van der Waals surface area contributed by atoms with E-state index in [9.17, 15) is 27.9 Å². The van der Waals surface area contributed by atoms with Gasteiger partial charge in [-0.15, -0.1) is 0 Å². The van der Waals surface area contributed by atoms with Gasteiger partial charge in [-0.2, -0.15) is 4.72 Å². The lowest BCUT2D eigenvalue weighted by Crippen LogP contribution is -2.48. The Hall–Kier alpha value is -3.97. The molecule has 12 nitrogen and oxygen atoms in total. The van der Waals surface area contributed by atoms with Crippen molar-refractivity contribution in [1.82, 2.24) is 25.6 Å². The second kappa shape index (κ2) is 11.4. The molecule has 196 valence electrons. The van der Waals surface area contributed by atoms with Crippen molar-refractivity contribution >= 4 is 33.8 Å². The number of carbonyl (C=O) groups excluding carboxylic acids is 2. The van der Waals surface area contributed by atoms with Gasteiger partial charge in [-0.1, -0.05) is 24.3 Å². The number of guanidine groups is 1. The average molecular weight is 529 g/mol. The van der Waals surface area contributed by atoms with Gasteiger partial charge in [0, 0.05) is 50.4 Å². The van der Waals surface area contributed by atoms with Gasteiger partial charge in [-0.25, -0.2) is 8.42 Å². The second-order valence-corrected chi connectivity index (χ2v) is 10.3. The van der Waals surface area contributed by atoms with E-state index >= 15 is 0 Å². The number of amides is 2. The van der Waals surface area contributed by atoms with E-state index in [-0.39, 0.29) is 16.4 Å². The van der Waals surface area contributed by atoms with Crippen molar-refractivity contribution in [2.24, 2.45) is 4.99 Å². The van der Waals surface area contributed by atoms with E-state index in [4.69, 9.17) is 0 Å². The molecule has 1 atom stereocenters. The zero-order chi connectivity index (χ0) is 26.4. The summed E-state index contributed by atoms with van der Waals surface area (Å²) in [7, 11) is -4.10. The highest BCUT2D eigenvalue weighted by atomic mass is 32.2. The van der Waals surface area contributed by atoms with Crippen LogP contribution in [0.5, 0.6) is 0 Å². The SMILES string of the molecule is O=C(NCC(NS(=O)(=O)c1ccccc1)C(=O)O)c1ccc2c(c1)C(=O)N(CCNC1=NCCCN1)C2. The number of benzene rings is 2. The van der Waals surface area contributed by atoms with Gasteiger partial charge in [0.15, 0.2) is 5.96 Å². The molecule has 1 unspecified atom stereocenters. The Morgan fingerprint density at radius 2 is 1.95 bits per heavy atom. The molecule has 2 aromatic carbocycles. The van der Waals surface area contributed by atoms with Crippen molar-refractivity contribution in [1.29, 1.82) is 0 Å². The Labute approximate surface area is 214 Å². The molecule has 0 aliphatic carbocycles. The zero-order valence-electron chi connectivity index (χ0n) is 19.9. The normalized spacial score (nSPS) is 15.8. The monoisotopic (exact) mass is 528 g/mol. The van der Waals surface area contributed by atoms with E-state index in [1.807, 2.05) is 0 Å². The number of carboxylic acids is 1. The van der Waals surface area contributed by atoms with Crippen LogP contribution in [0, 0.1) is 0 Å². The number of rotatable bonds is 10. The molecular formula is C24H28N6O6S. The third-order valence-corrected chi connectivity index (χ3v) is 7.43. The Morgan fingerprint density at radius 1 is 1.16 bits per heavy atom. The van der Waals surface area contributed by atoms with Crippen LogP contribution in [0.25, 0.3) is 0 Å². The fourth-order valence-corrected chi connectivity index (χ4v) is 5.18. The number of aliphatic carboxylic acids is 1. The summed E-state index contributed by atoms with van der Waals surface area (Å²) < 4.78 is 27.0. The van der Waals surface area contributed by atoms with Crippen LogP contribution in [0.1, 0.15) is 32.7 Å². The van der Waals surface area contributed by atoms with Gasteiger partial charge in [-0.3, -0.25) is 19.4 Å². The molecule has 0 radical (unpaired) electrons. The predicted octanol–water partition coefficient (Wildman–Crippen LogP) is -0.257. The van der Waals surface area contributed by atoms with Crippen molar-refractivity contribution < 1.29 is 27.9 Å². The molecule has 2 amide bonds. The molecule has 2 heterocycles. The molecule has 4 rings (SSSR count). The molecule has 2 aromatic rings. The second-order valence-electron chi connectivity index (χ2n) is 8.57. The van der Waals surface area contributed by atoms with Gasteiger partial charge in [0.05, 0.1) is 4.90 Å². The van der Waals surface area contributed by atoms with E-state index in [1.165, 1.54) is 30.3 Å². The first-order valence-electron chi connectivity index (χ1n) is 11.8. The molecule has 13 heteroatoms. The van der Waals surface area contributed by atoms with Crippen LogP contribution < -0.4 is 20.7 Å². The molecule has 0 bridgehead atoms. The maximum atomic E-state index is 12.9. The molecule has 0 fully saturated rings. The summed E-state index contributed by atoms with van der Waals surface area (Å²) in [5.74, 6) is -1.55. The number of nitrogens with zero attached hydrogens (tertiary/aromatic N) is 2. The first-order chi connectivity index (χ1) is 17.7. The van der Waals surface area contributed by atoms with Crippen LogP contribution in [0.15, 0.2) is 58.4 Å². The standard InChI is InChI=1S/C24H28N6O6S/c31-21(28-14-20(23(33)34)29-37(35,36)18-5-2-1-3-6-18)16-7-8-17-15-30(22(32)19(17)13-16)12-11-27-24-25-9-4-10-26-24/h1-3,5-8,13,20,29H,4,9-12,14-15H2,(H,28,31)(H,33,34)(H2,25,26,27). The first-order valence-corrected chi connectivity index (χ1v) is 13.3. The maximum absolute atomic E-state index is 12.9. The minimum atomic E-state index is -4.10. The summed E-state index contributed by atoms with van der Waals surface area (Å²) in [5, 5.41) is 18.2. The van der Waals surface area contributed by atoms with Gasteiger partial charge >= 0.3 is 5.97 Å². The maximum Gasteiger partial charge on any atom is 0.323 e. The molecule has 0 saturated carbocycles. The number of hydrogen-bond donors (Lipinski definition) is 5. The van der Waals surface area contributed by atoms with E-state index in [2.05, 4.69) is 25.7 Å². The van der Waals surface area contributed by atoms with Crippen molar-refractivity contribution in [2.75, 3.05) is 32.7 Å². The van der Waals surface area contributed by atoms with Crippen LogP contribution in [-0.4, -0.2) is 80.9 Å². The third-order valence-electron chi connectivity index (χ3n) is 5.94. The highest BCUT2D eigenvalue weighted by Gasteiger charge is 2.29. The number of aliphatic imine (C=N–C) groups is 1. The van der Waals surface area contributed by atoms with Crippen molar-refractivity contribution in [3.05, 3.63) is 65.2 Å². The van der Waals surface area contributed by atoms with E-state index in [0.717, 1.165) is 31.0 Å². The number of carboxylic acid groups (broad SMARTS) is 1. The largest absolute Gasteiger partial charge is 0.480 e. The summed E-state index contributed by atoms with van der Waals surface area (Å²) >= 11 is 0. The van der Waals surface area contributed by atoms with E-state index in [1.54, 1.807) is 23.1 Å². The van der Waals surface area contributed by atoms with E-state index < -0.39 is 34.5 Å². The molecular weight excluding hydrogens is 500 g/mol. The smallest absolute Gasteiger partial charge is 0.323 e. The van der Waals surface area contributed by atoms with Crippen LogP contribution in [-0.2, 0) is 21.4 Å². The van der Waals surface area contributed by atoms with Crippen LogP contribution in [0.2, 0.25) is 0 Å². The third kappa shape index (κ3) is 6.43. The Morgan fingerprint density at radius 3 is 2.65 bits per heavy atom. The van der Waals surface area contributed by atoms with E-state index in [0.29, 0.717) is 25.2 Å². The lowest BCUT2D eigenvalue weighted by molar-refractivity contribution is -0.138. The molecule has 0 aromatic heterocycles. The van der Waals surface area contributed by atoms with Gasteiger partial charge in [0.25, 0.3) is 11.8 Å². The number of fused-ring (bicyclic) bond motifs is 1. The fourth-order valence-electron chi connectivity index (χ4n) is 3.97. The highest BCUT2D eigenvalue weighted by Crippen LogP contribution is 2.23. The Kier molecular flexibility index (Phi) is 8.04. The fraction of sp³-hybridized carbons (Fsp3) is 0.333. The molecule has 0 saturated heterocycles. The molecule has 2 aliphatic rings. The number of hydrogen-bond acceptors (Lipinski definition) is 8. The Bertz CT molecular complexity index is 1310. The first kappa shape index (κ1) is 26.1. The zero-order valence-corrected chi connectivity index (χ0v) is 20.8. The lowest BCUT2D eigenvalue weighted by Gasteiger charge is -2.19. The molecule has 37 heavy (non-hydrogen) atoms. The lowest BCUT2D eigenvalue weighted by atomic mass is 10.1. The van der Waals surface area contributed by atoms with Crippen molar-refractivity contribution in [2.45, 2.75) is 23.9 Å². The van der Waals surface area contributed by atoms with Gasteiger partial charge in [0.2, 0.25) is 10.0 Å². The summed E-state index contributed by atoms with van der Waals surface area (Å²) in [4.78, 5) is 43.1. The van der Waals surface area contributed by atoms with Gasteiger partial charge in [0.1, 0.15) is 6.04 Å². The predicted molar refractivity (Wildman–Crippen MR) is 135 cm³/mol. The summed E-state index contributed by atoms with van der Waals surface area (Å²) in [6.07, 6.45) is 0.987.